The molecule has 0 heterocycles. The Labute approximate surface area is 192 Å². The molecular formula is C28H34N2O2. The molecule has 0 saturated carbocycles. The highest BCUT2D eigenvalue weighted by molar-refractivity contribution is 5.87. The van der Waals surface area contributed by atoms with Crippen LogP contribution in [0.2, 0.25) is 0 Å². The maximum absolute atomic E-state index is 11.3. The summed E-state index contributed by atoms with van der Waals surface area (Å²) in [5, 5.41) is 9.30. The summed E-state index contributed by atoms with van der Waals surface area (Å²) in [5.74, 6) is -0.866. The molecule has 0 aliphatic rings. The van der Waals surface area contributed by atoms with Gasteiger partial charge in [-0.1, -0.05) is 36.4 Å². The average Bonchev–Trinajstić information content (AvgIpc) is 2.83. The summed E-state index contributed by atoms with van der Waals surface area (Å²) in [6, 6.07) is 24.8. The van der Waals surface area contributed by atoms with Crippen molar-refractivity contribution in [1.82, 2.24) is 0 Å². The summed E-state index contributed by atoms with van der Waals surface area (Å²) >= 11 is 0. The molecule has 0 unspecified atom stereocenters. The van der Waals surface area contributed by atoms with Crippen LogP contribution in [0.1, 0.15) is 60.7 Å². The van der Waals surface area contributed by atoms with Crippen LogP contribution in [-0.4, -0.2) is 37.3 Å². The lowest BCUT2D eigenvalue weighted by Crippen LogP contribution is -2.21. The normalized spacial score (nSPS) is 10.9. The van der Waals surface area contributed by atoms with Crippen molar-refractivity contribution in [2.45, 2.75) is 33.6 Å². The highest BCUT2D eigenvalue weighted by Crippen LogP contribution is 2.34. The monoisotopic (exact) mass is 430 g/mol. The fraction of sp³-hybridized carbons (Fsp3) is 0.321. The summed E-state index contributed by atoms with van der Waals surface area (Å²) in [4.78, 5) is 16.0. The summed E-state index contributed by atoms with van der Waals surface area (Å²) in [6.07, 6.45) is 0. The Morgan fingerprint density at radius 2 is 0.938 bits per heavy atom. The van der Waals surface area contributed by atoms with Gasteiger partial charge in [-0.25, -0.2) is 4.79 Å². The number of aromatic carboxylic acids is 1. The molecule has 3 aromatic carbocycles. The molecule has 0 radical (unpaired) electrons. The van der Waals surface area contributed by atoms with Crippen molar-refractivity contribution in [3.05, 3.63) is 95.1 Å². The summed E-state index contributed by atoms with van der Waals surface area (Å²) in [7, 11) is 0. The van der Waals surface area contributed by atoms with Crippen LogP contribution in [0.3, 0.4) is 0 Å². The van der Waals surface area contributed by atoms with Gasteiger partial charge in [0, 0.05) is 43.5 Å². The number of rotatable bonds is 10. The fourth-order valence-electron chi connectivity index (χ4n) is 4.33. The first-order valence-electron chi connectivity index (χ1n) is 11.5. The molecule has 3 aromatic rings. The first-order chi connectivity index (χ1) is 15.5. The van der Waals surface area contributed by atoms with E-state index in [1.807, 2.05) is 12.1 Å². The van der Waals surface area contributed by atoms with Gasteiger partial charge >= 0.3 is 5.97 Å². The predicted octanol–water partition coefficient (Wildman–Crippen LogP) is 6.26. The van der Waals surface area contributed by atoms with Crippen LogP contribution in [0.5, 0.6) is 0 Å². The lowest BCUT2D eigenvalue weighted by molar-refractivity contribution is 0.0697. The van der Waals surface area contributed by atoms with Gasteiger partial charge in [0.15, 0.2) is 0 Å². The van der Waals surface area contributed by atoms with Crippen LogP contribution >= 0.6 is 0 Å². The number of carboxylic acids is 1. The van der Waals surface area contributed by atoms with Crippen molar-refractivity contribution in [3.63, 3.8) is 0 Å². The second-order valence-electron chi connectivity index (χ2n) is 7.89. The van der Waals surface area contributed by atoms with Crippen molar-refractivity contribution < 1.29 is 9.90 Å². The van der Waals surface area contributed by atoms with E-state index < -0.39 is 5.97 Å². The van der Waals surface area contributed by atoms with E-state index in [0.717, 1.165) is 31.7 Å². The van der Waals surface area contributed by atoms with Gasteiger partial charge in [-0.2, -0.15) is 0 Å². The highest BCUT2D eigenvalue weighted by Gasteiger charge is 2.18. The maximum Gasteiger partial charge on any atom is 0.335 e. The minimum absolute atomic E-state index is 0.0364. The molecule has 0 amide bonds. The number of hydrogen-bond acceptors (Lipinski definition) is 3. The summed E-state index contributed by atoms with van der Waals surface area (Å²) in [5.41, 5.74) is 6.22. The molecule has 0 bridgehead atoms. The number of carbonyl (C=O) groups is 1. The zero-order valence-electron chi connectivity index (χ0n) is 19.6. The fourth-order valence-corrected chi connectivity index (χ4v) is 4.33. The van der Waals surface area contributed by atoms with Crippen molar-refractivity contribution >= 4 is 17.3 Å². The Bertz CT molecular complexity index is 932. The number of benzene rings is 3. The van der Waals surface area contributed by atoms with E-state index in [9.17, 15) is 9.90 Å². The summed E-state index contributed by atoms with van der Waals surface area (Å²) < 4.78 is 0. The number of hydrogen-bond donors (Lipinski definition) is 1. The van der Waals surface area contributed by atoms with E-state index in [-0.39, 0.29) is 5.92 Å². The van der Waals surface area contributed by atoms with Crippen molar-refractivity contribution in [2.24, 2.45) is 0 Å². The molecule has 0 aromatic heterocycles. The standard InChI is InChI=1S/C28H34N2O2/c1-5-29(6-2)25-17-13-22(14-18-25)27(21-9-11-24(12-10-21)28(31)32)23-15-19-26(20-16-23)30(7-3)8-4/h9-20,27H,5-8H2,1-4H3,(H,31,32). The number of nitrogens with zero attached hydrogens (tertiary/aromatic N) is 2. The van der Waals surface area contributed by atoms with Gasteiger partial charge in [0.2, 0.25) is 0 Å². The molecule has 3 rings (SSSR count). The van der Waals surface area contributed by atoms with Crippen LogP contribution in [0, 0.1) is 0 Å². The van der Waals surface area contributed by atoms with Gasteiger partial charge in [0.25, 0.3) is 0 Å². The third kappa shape index (κ3) is 5.13. The van der Waals surface area contributed by atoms with Crippen LogP contribution in [0.15, 0.2) is 72.8 Å². The summed E-state index contributed by atoms with van der Waals surface area (Å²) in [6.45, 7) is 12.6. The zero-order valence-corrected chi connectivity index (χ0v) is 19.6. The Kier molecular flexibility index (Phi) is 7.93. The van der Waals surface area contributed by atoms with Crippen LogP contribution < -0.4 is 9.80 Å². The first-order valence-corrected chi connectivity index (χ1v) is 11.5. The highest BCUT2D eigenvalue weighted by atomic mass is 16.4. The van der Waals surface area contributed by atoms with E-state index in [2.05, 4.69) is 86.0 Å². The molecule has 0 atom stereocenters. The third-order valence-corrected chi connectivity index (χ3v) is 6.20. The van der Waals surface area contributed by atoms with Gasteiger partial charge in [-0.15, -0.1) is 0 Å². The molecule has 32 heavy (non-hydrogen) atoms. The van der Waals surface area contributed by atoms with E-state index in [1.165, 1.54) is 22.5 Å². The van der Waals surface area contributed by atoms with Crippen molar-refractivity contribution in [3.8, 4) is 0 Å². The second-order valence-corrected chi connectivity index (χ2v) is 7.89. The Hall–Kier alpha value is -3.27. The van der Waals surface area contributed by atoms with E-state index >= 15 is 0 Å². The van der Waals surface area contributed by atoms with E-state index in [4.69, 9.17) is 0 Å². The Morgan fingerprint density at radius 1 is 0.625 bits per heavy atom. The third-order valence-electron chi connectivity index (χ3n) is 6.20. The first kappa shape index (κ1) is 23.4. The van der Waals surface area contributed by atoms with E-state index in [1.54, 1.807) is 12.1 Å². The molecule has 0 saturated heterocycles. The lowest BCUT2D eigenvalue weighted by atomic mass is 9.84. The second kappa shape index (κ2) is 10.9. The number of carboxylic acid groups (broad SMARTS) is 1. The van der Waals surface area contributed by atoms with Crippen molar-refractivity contribution in [1.29, 1.82) is 0 Å². The van der Waals surface area contributed by atoms with Crippen LogP contribution in [-0.2, 0) is 0 Å². The molecule has 4 nitrogen and oxygen atoms in total. The molecule has 0 aliphatic heterocycles. The Balaban J connectivity index is 2.02. The number of anilines is 2. The molecule has 1 N–H and O–H groups in total. The molecule has 0 aliphatic carbocycles. The molecule has 0 spiro atoms. The molecule has 4 heteroatoms. The van der Waals surface area contributed by atoms with E-state index in [0.29, 0.717) is 5.56 Å². The molecule has 168 valence electrons. The zero-order chi connectivity index (χ0) is 23.1. The van der Waals surface area contributed by atoms with Gasteiger partial charge in [0.1, 0.15) is 0 Å². The topological polar surface area (TPSA) is 43.8 Å². The SMILES string of the molecule is CCN(CC)c1ccc(C(c2ccc(C(=O)O)cc2)c2ccc(N(CC)CC)cc2)cc1. The van der Waals surface area contributed by atoms with Gasteiger partial charge in [0.05, 0.1) is 5.56 Å². The van der Waals surface area contributed by atoms with Gasteiger partial charge in [-0.05, 0) is 80.8 Å². The predicted molar refractivity (Wildman–Crippen MR) is 134 cm³/mol. The lowest BCUT2D eigenvalue weighted by Gasteiger charge is -2.25. The largest absolute Gasteiger partial charge is 0.478 e. The average molecular weight is 431 g/mol. The smallest absolute Gasteiger partial charge is 0.335 e. The molecule has 0 fully saturated rings. The van der Waals surface area contributed by atoms with Crippen LogP contribution in [0.4, 0.5) is 11.4 Å². The van der Waals surface area contributed by atoms with Crippen LogP contribution in [0.25, 0.3) is 0 Å². The van der Waals surface area contributed by atoms with Gasteiger partial charge < -0.3 is 14.9 Å². The minimum Gasteiger partial charge on any atom is -0.478 e. The molecular weight excluding hydrogens is 396 g/mol. The minimum atomic E-state index is -0.903. The quantitative estimate of drug-likeness (QED) is 0.386. The maximum atomic E-state index is 11.3. The van der Waals surface area contributed by atoms with Gasteiger partial charge in [-0.3, -0.25) is 0 Å². The van der Waals surface area contributed by atoms with Crippen molar-refractivity contribution in [2.75, 3.05) is 36.0 Å². The Morgan fingerprint density at radius 3 is 1.22 bits per heavy atom.